The van der Waals surface area contributed by atoms with Crippen molar-refractivity contribution in [1.82, 2.24) is 10.2 Å². The number of ether oxygens (including phenoxy) is 1. The van der Waals surface area contributed by atoms with Crippen LogP contribution < -0.4 is 5.32 Å². The van der Waals surface area contributed by atoms with E-state index in [2.05, 4.69) is 12.2 Å². The summed E-state index contributed by atoms with van der Waals surface area (Å²) in [5, 5.41) is 3.60. The maximum Gasteiger partial charge on any atom is 0.333 e. The molecular weight excluding hydrogens is 256 g/mol. The minimum absolute atomic E-state index is 0.167. The van der Waals surface area contributed by atoms with Gasteiger partial charge in [-0.05, 0) is 39.0 Å². The molecule has 1 N–H and O–H groups in total. The summed E-state index contributed by atoms with van der Waals surface area (Å²) < 4.78 is 4.97. The number of nitrogens with one attached hydrogen (secondary N) is 1. The molecule has 1 amide bonds. The molecule has 4 rings (SSSR count). The highest BCUT2D eigenvalue weighted by Crippen LogP contribution is 2.50. The summed E-state index contributed by atoms with van der Waals surface area (Å²) in [6, 6.07) is 1.17. The third kappa shape index (κ3) is 1.65. The number of rotatable bonds is 1. The number of hydrogen-bond donors (Lipinski definition) is 1. The fourth-order valence-corrected chi connectivity index (χ4v) is 4.71. The molecule has 4 heterocycles. The van der Waals surface area contributed by atoms with E-state index in [0.29, 0.717) is 12.1 Å². The van der Waals surface area contributed by atoms with Gasteiger partial charge in [0.05, 0.1) is 11.1 Å². The summed E-state index contributed by atoms with van der Waals surface area (Å²) >= 11 is 0. The van der Waals surface area contributed by atoms with Gasteiger partial charge in [0.25, 0.3) is 0 Å². The Morgan fingerprint density at radius 3 is 2.55 bits per heavy atom. The van der Waals surface area contributed by atoms with E-state index in [1.165, 1.54) is 18.9 Å². The second-order valence-corrected chi connectivity index (χ2v) is 6.80. The quantitative estimate of drug-likeness (QED) is 0.724. The van der Waals surface area contributed by atoms with Gasteiger partial charge in [0, 0.05) is 24.2 Å². The molecule has 1 spiro atoms. The summed E-state index contributed by atoms with van der Waals surface area (Å²) in [6.07, 6.45) is 6.67. The van der Waals surface area contributed by atoms with Crippen LogP contribution in [0.25, 0.3) is 0 Å². The number of fused-ring (bicyclic) bond motifs is 2. The predicted molar refractivity (Wildman–Crippen MR) is 71.6 cm³/mol. The number of amides is 1. The van der Waals surface area contributed by atoms with Crippen molar-refractivity contribution >= 4 is 11.9 Å². The van der Waals surface area contributed by atoms with Gasteiger partial charge in [0.1, 0.15) is 6.61 Å². The first kappa shape index (κ1) is 12.4. The van der Waals surface area contributed by atoms with Crippen molar-refractivity contribution in [2.45, 2.75) is 57.2 Å². The number of cyclic esters (lactones) is 1. The molecule has 108 valence electrons. The summed E-state index contributed by atoms with van der Waals surface area (Å²) in [7, 11) is 0. The zero-order valence-corrected chi connectivity index (χ0v) is 11.7. The van der Waals surface area contributed by atoms with Crippen molar-refractivity contribution in [3.05, 3.63) is 11.8 Å². The van der Waals surface area contributed by atoms with E-state index in [1.807, 2.05) is 4.90 Å². The van der Waals surface area contributed by atoms with E-state index < -0.39 is 0 Å². The third-order valence-electron chi connectivity index (χ3n) is 5.36. The predicted octanol–water partition coefficient (Wildman–Crippen LogP) is 0.949. The Morgan fingerprint density at radius 2 is 1.95 bits per heavy atom. The van der Waals surface area contributed by atoms with E-state index in [-0.39, 0.29) is 29.9 Å². The Labute approximate surface area is 118 Å². The van der Waals surface area contributed by atoms with E-state index in [0.717, 1.165) is 25.0 Å². The molecule has 0 aromatic carbocycles. The van der Waals surface area contributed by atoms with E-state index in [4.69, 9.17) is 4.74 Å². The largest absolute Gasteiger partial charge is 0.456 e. The molecular formula is C15H20N2O3. The number of carbonyl (C=O) groups excluding carboxylic acids is 2. The molecule has 0 aromatic rings. The van der Waals surface area contributed by atoms with E-state index in [1.54, 1.807) is 0 Å². The molecule has 4 aliphatic heterocycles. The average Bonchev–Trinajstić information content (AvgIpc) is 3.01. The van der Waals surface area contributed by atoms with Crippen LogP contribution in [0.3, 0.4) is 0 Å². The van der Waals surface area contributed by atoms with Crippen LogP contribution in [0.4, 0.5) is 0 Å². The smallest absolute Gasteiger partial charge is 0.333 e. The van der Waals surface area contributed by atoms with Gasteiger partial charge < -0.3 is 15.0 Å². The molecule has 3 saturated heterocycles. The van der Waals surface area contributed by atoms with Crippen molar-refractivity contribution in [2.75, 3.05) is 6.61 Å². The lowest BCUT2D eigenvalue weighted by Gasteiger charge is -2.36. The van der Waals surface area contributed by atoms with Crippen LogP contribution in [-0.2, 0) is 14.3 Å². The van der Waals surface area contributed by atoms with Crippen molar-refractivity contribution in [3.8, 4) is 0 Å². The summed E-state index contributed by atoms with van der Waals surface area (Å²) in [6.45, 7) is 2.33. The molecule has 0 aromatic heterocycles. The van der Waals surface area contributed by atoms with Crippen molar-refractivity contribution in [3.63, 3.8) is 0 Å². The maximum absolute atomic E-state index is 13.0. The zero-order chi connectivity index (χ0) is 13.9. The molecule has 5 nitrogen and oxygen atoms in total. The second kappa shape index (κ2) is 4.07. The molecule has 4 aliphatic rings. The van der Waals surface area contributed by atoms with Gasteiger partial charge in [-0.2, -0.15) is 0 Å². The van der Waals surface area contributed by atoms with Gasteiger partial charge in [-0.1, -0.05) is 0 Å². The van der Waals surface area contributed by atoms with Crippen LogP contribution in [0.2, 0.25) is 0 Å². The van der Waals surface area contributed by atoms with Crippen LogP contribution in [0.5, 0.6) is 0 Å². The Balaban J connectivity index is 1.63. The summed E-state index contributed by atoms with van der Waals surface area (Å²) in [5.41, 5.74) is 0.540. The second-order valence-electron chi connectivity index (χ2n) is 6.80. The highest BCUT2D eigenvalue weighted by atomic mass is 16.5. The Kier molecular flexibility index (Phi) is 2.52. The first-order valence-electron chi connectivity index (χ1n) is 7.54. The Hall–Kier alpha value is -1.36. The Morgan fingerprint density at radius 1 is 1.25 bits per heavy atom. The highest BCUT2D eigenvalue weighted by molar-refractivity contribution is 5.91. The number of piperidine rings is 1. The molecule has 0 aliphatic carbocycles. The zero-order valence-electron chi connectivity index (χ0n) is 11.7. The molecule has 20 heavy (non-hydrogen) atoms. The highest BCUT2D eigenvalue weighted by Gasteiger charge is 2.56. The number of esters is 1. The monoisotopic (exact) mass is 276 g/mol. The number of nitrogens with zero attached hydrogens (tertiary/aromatic N) is 1. The van der Waals surface area contributed by atoms with Gasteiger partial charge in [-0.25, -0.2) is 4.79 Å². The fraction of sp³-hybridized carbons (Fsp3) is 0.733. The third-order valence-corrected chi connectivity index (χ3v) is 5.36. The molecule has 1 unspecified atom stereocenters. The normalized spacial score (nSPS) is 43.4. The lowest BCUT2D eigenvalue weighted by molar-refractivity contribution is -0.138. The van der Waals surface area contributed by atoms with Crippen LogP contribution in [-0.4, -0.2) is 41.5 Å². The van der Waals surface area contributed by atoms with Gasteiger partial charge in [-0.15, -0.1) is 0 Å². The molecule has 0 saturated carbocycles. The van der Waals surface area contributed by atoms with Gasteiger partial charge in [0.15, 0.2) is 0 Å². The summed E-state index contributed by atoms with van der Waals surface area (Å²) in [4.78, 5) is 26.1. The first-order valence-corrected chi connectivity index (χ1v) is 7.54. The van der Waals surface area contributed by atoms with Crippen molar-refractivity contribution in [1.29, 1.82) is 0 Å². The van der Waals surface area contributed by atoms with Crippen LogP contribution in [0.1, 0.15) is 39.0 Å². The van der Waals surface area contributed by atoms with Crippen LogP contribution in [0.15, 0.2) is 11.8 Å². The average molecular weight is 276 g/mol. The molecule has 3 fully saturated rings. The number of likely N-dealkylation sites (tertiary alicyclic amines) is 1. The molecule has 2 bridgehead atoms. The maximum atomic E-state index is 13.0. The minimum Gasteiger partial charge on any atom is -0.456 e. The lowest BCUT2D eigenvalue weighted by atomic mass is 9.73. The van der Waals surface area contributed by atoms with Crippen molar-refractivity contribution in [2.24, 2.45) is 5.41 Å². The lowest BCUT2D eigenvalue weighted by Crippen LogP contribution is -2.48. The molecule has 4 atom stereocenters. The van der Waals surface area contributed by atoms with Gasteiger partial charge in [0.2, 0.25) is 5.91 Å². The van der Waals surface area contributed by atoms with Crippen LogP contribution in [0, 0.1) is 5.41 Å². The molecule has 0 radical (unpaired) electrons. The van der Waals surface area contributed by atoms with Crippen molar-refractivity contribution < 1.29 is 14.3 Å². The van der Waals surface area contributed by atoms with Gasteiger partial charge in [-0.3, -0.25) is 4.79 Å². The number of carbonyl (C=O) groups is 2. The Bertz CT molecular complexity index is 501. The standard InChI is InChI=1S/C15H20N2O3/c1-9-5-15(6-10-2-3-11(7-15)16-10)14(19)17(9)12-4-13(18)20-8-12/h4,9-11,16H,2-3,5-8H2,1H3/t9?,10-,11+,15+. The van der Waals surface area contributed by atoms with E-state index in [9.17, 15) is 9.59 Å². The topological polar surface area (TPSA) is 58.6 Å². The number of hydrogen-bond acceptors (Lipinski definition) is 4. The van der Waals surface area contributed by atoms with E-state index >= 15 is 0 Å². The fourth-order valence-electron chi connectivity index (χ4n) is 4.71. The summed E-state index contributed by atoms with van der Waals surface area (Å²) in [5.74, 6) is -0.112. The van der Waals surface area contributed by atoms with Gasteiger partial charge >= 0.3 is 5.97 Å². The SMILES string of the molecule is CC1C[C@@]2(C[C@H]3CC[C@@H](C2)N3)C(=O)N1C1=CC(=O)OC1. The van der Waals surface area contributed by atoms with Crippen LogP contribution >= 0.6 is 0 Å². The first-order chi connectivity index (χ1) is 9.57. The molecule has 5 heteroatoms. The minimum atomic E-state index is -0.327.